The van der Waals surface area contributed by atoms with E-state index in [-0.39, 0.29) is 12.0 Å². The minimum atomic E-state index is -2.99. The van der Waals surface area contributed by atoms with E-state index in [1.54, 1.807) is 18.2 Å². The first-order valence-electron chi connectivity index (χ1n) is 5.96. The van der Waals surface area contributed by atoms with E-state index in [2.05, 4.69) is 0 Å². The molecule has 1 atom stereocenters. The molecule has 0 amide bonds. The lowest BCUT2D eigenvalue weighted by molar-refractivity contribution is -0.138. The summed E-state index contributed by atoms with van der Waals surface area (Å²) in [5.74, 6) is -4.60. The van der Waals surface area contributed by atoms with Gasteiger partial charge >= 0.3 is 5.97 Å². The molecule has 0 bridgehead atoms. The fraction of sp³-hybridized carbons (Fsp3) is 0.357. The quantitative estimate of drug-likeness (QED) is 0.878. The summed E-state index contributed by atoms with van der Waals surface area (Å²) in [6.45, 7) is 1.54. The molecule has 0 saturated carbocycles. The third-order valence-electron chi connectivity index (χ3n) is 3.00. The minimum Gasteiger partial charge on any atom is -0.481 e. The number of carboxylic acid groups (broad SMARTS) is 1. The van der Waals surface area contributed by atoms with Crippen LogP contribution in [0.2, 0.25) is 0 Å². The number of alkyl halides is 2. The van der Waals surface area contributed by atoms with Gasteiger partial charge in [0.25, 0.3) is 5.92 Å². The van der Waals surface area contributed by atoms with Gasteiger partial charge < -0.3 is 5.11 Å². The summed E-state index contributed by atoms with van der Waals surface area (Å²) in [7, 11) is 0. The van der Waals surface area contributed by atoms with Gasteiger partial charge in [-0.25, -0.2) is 8.78 Å². The summed E-state index contributed by atoms with van der Waals surface area (Å²) < 4.78 is 29.3. The van der Waals surface area contributed by atoms with E-state index < -0.39 is 24.2 Å². The number of rotatable bonds is 5. The van der Waals surface area contributed by atoms with Crippen LogP contribution in [0.25, 0.3) is 10.1 Å². The maximum Gasteiger partial charge on any atom is 0.303 e. The van der Waals surface area contributed by atoms with Gasteiger partial charge in [0.2, 0.25) is 0 Å². The van der Waals surface area contributed by atoms with Crippen molar-refractivity contribution in [2.24, 2.45) is 5.92 Å². The van der Waals surface area contributed by atoms with Crippen molar-refractivity contribution in [3.05, 3.63) is 35.2 Å². The van der Waals surface area contributed by atoms with Crippen molar-refractivity contribution in [3.63, 3.8) is 0 Å². The Balaban J connectivity index is 2.26. The summed E-state index contributed by atoms with van der Waals surface area (Å²) in [5, 5.41) is 10.7. The first kappa shape index (κ1) is 13.9. The second-order valence-electron chi connectivity index (χ2n) is 4.76. The number of fused-ring (bicyclic) bond motifs is 1. The lowest BCUT2D eigenvalue weighted by Gasteiger charge is -2.19. The zero-order valence-electron chi connectivity index (χ0n) is 10.4. The molecule has 2 aromatic rings. The molecule has 1 N–H and O–H groups in total. The third-order valence-corrected chi connectivity index (χ3v) is 3.97. The molecule has 0 spiro atoms. The van der Waals surface area contributed by atoms with E-state index in [0.717, 1.165) is 4.70 Å². The largest absolute Gasteiger partial charge is 0.481 e. The van der Waals surface area contributed by atoms with Gasteiger partial charge in [0, 0.05) is 33.9 Å². The van der Waals surface area contributed by atoms with Crippen LogP contribution in [0, 0.1) is 5.92 Å². The SMILES string of the molecule is CC(CC(=O)O)CC(F)(F)c1csc2ccccc12. The highest BCUT2D eigenvalue weighted by molar-refractivity contribution is 7.17. The molecule has 0 saturated heterocycles. The van der Waals surface area contributed by atoms with Gasteiger partial charge in [-0.1, -0.05) is 25.1 Å². The van der Waals surface area contributed by atoms with Crippen LogP contribution in [0.15, 0.2) is 29.6 Å². The number of aliphatic carboxylic acids is 1. The number of carbonyl (C=O) groups is 1. The lowest BCUT2D eigenvalue weighted by Crippen LogP contribution is -2.18. The van der Waals surface area contributed by atoms with E-state index >= 15 is 0 Å². The first-order chi connectivity index (χ1) is 8.90. The highest BCUT2D eigenvalue weighted by Crippen LogP contribution is 2.41. The van der Waals surface area contributed by atoms with E-state index in [0.29, 0.717) is 5.39 Å². The summed E-state index contributed by atoms with van der Waals surface area (Å²) in [6, 6.07) is 7.03. The molecule has 2 rings (SSSR count). The van der Waals surface area contributed by atoms with Crippen LogP contribution in [-0.2, 0) is 10.7 Å². The molecular weight excluding hydrogens is 270 g/mol. The highest BCUT2D eigenvalue weighted by Gasteiger charge is 2.36. The Morgan fingerprint density at radius 1 is 1.42 bits per heavy atom. The number of hydrogen-bond donors (Lipinski definition) is 1. The predicted octanol–water partition coefficient (Wildman–Crippen LogP) is 4.49. The van der Waals surface area contributed by atoms with Crippen molar-refractivity contribution in [1.82, 2.24) is 0 Å². The molecule has 19 heavy (non-hydrogen) atoms. The molecule has 0 radical (unpaired) electrons. The van der Waals surface area contributed by atoms with Gasteiger partial charge in [0.05, 0.1) is 0 Å². The predicted molar refractivity (Wildman–Crippen MR) is 71.8 cm³/mol. The maximum absolute atomic E-state index is 14.2. The Morgan fingerprint density at radius 3 is 2.79 bits per heavy atom. The number of carboxylic acids is 1. The highest BCUT2D eigenvalue weighted by atomic mass is 32.1. The zero-order valence-corrected chi connectivity index (χ0v) is 11.2. The molecule has 1 heterocycles. The minimum absolute atomic E-state index is 0.00494. The number of benzene rings is 1. The number of hydrogen-bond acceptors (Lipinski definition) is 2. The fourth-order valence-corrected chi connectivity index (χ4v) is 3.19. The summed E-state index contributed by atoms with van der Waals surface area (Å²) in [5.41, 5.74) is 0.00494. The van der Waals surface area contributed by atoms with Crippen molar-refractivity contribution in [1.29, 1.82) is 0 Å². The molecule has 1 unspecified atom stereocenters. The van der Waals surface area contributed by atoms with Crippen LogP contribution in [0.5, 0.6) is 0 Å². The normalized spacial score (nSPS) is 13.6. The first-order valence-corrected chi connectivity index (χ1v) is 6.84. The van der Waals surface area contributed by atoms with Gasteiger partial charge in [0.1, 0.15) is 0 Å². The van der Waals surface area contributed by atoms with Gasteiger partial charge in [-0.05, 0) is 12.0 Å². The van der Waals surface area contributed by atoms with Crippen molar-refractivity contribution in [2.75, 3.05) is 0 Å². The fourth-order valence-electron chi connectivity index (χ4n) is 2.18. The van der Waals surface area contributed by atoms with Crippen LogP contribution in [0.3, 0.4) is 0 Å². The second kappa shape index (κ2) is 5.25. The zero-order chi connectivity index (χ0) is 14.0. The molecule has 0 aliphatic heterocycles. The van der Waals surface area contributed by atoms with Crippen LogP contribution >= 0.6 is 11.3 Å². The van der Waals surface area contributed by atoms with Crippen molar-refractivity contribution < 1.29 is 18.7 Å². The van der Waals surface area contributed by atoms with Gasteiger partial charge in [-0.3, -0.25) is 4.79 Å². The molecule has 0 aliphatic carbocycles. The standard InChI is InChI=1S/C14H14F2O2S/c1-9(6-13(17)18)7-14(15,16)11-8-19-12-5-3-2-4-10(11)12/h2-5,8-9H,6-7H2,1H3,(H,17,18). The molecule has 2 nitrogen and oxygen atoms in total. The van der Waals surface area contributed by atoms with E-state index in [9.17, 15) is 13.6 Å². The Morgan fingerprint density at radius 2 is 2.11 bits per heavy atom. The van der Waals surface area contributed by atoms with Crippen LogP contribution in [0.1, 0.15) is 25.3 Å². The summed E-state index contributed by atoms with van der Waals surface area (Å²) in [6.07, 6.45) is -0.683. The smallest absolute Gasteiger partial charge is 0.303 e. The molecular formula is C14H14F2O2S. The molecule has 1 aromatic heterocycles. The van der Waals surface area contributed by atoms with Crippen LogP contribution < -0.4 is 0 Å². The topological polar surface area (TPSA) is 37.3 Å². The monoisotopic (exact) mass is 284 g/mol. The summed E-state index contributed by atoms with van der Waals surface area (Å²) >= 11 is 1.29. The van der Waals surface area contributed by atoms with Crippen LogP contribution in [-0.4, -0.2) is 11.1 Å². The Bertz CT molecular complexity index is 592. The second-order valence-corrected chi connectivity index (χ2v) is 5.67. The Labute approximate surface area is 113 Å². The van der Waals surface area contributed by atoms with Crippen LogP contribution in [0.4, 0.5) is 8.78 Å². The van der Waals surface area contributed by atoms with Crippen molar-refractivity contribution >= 4 is 27.4 Å². The van der Waals surface area contributed by atoms with Gasteiger partial charge in [0.15, 0.2) is 0 Å². The van der Waals surface area contributed by atoms with Gasteiger partial charge in [-0.2, -0.15) is 0 Å². The molecule has 1 aromatic carbocycles. The van der Waals surface area contributed by atoms with Crippen molar-refractivity contribution in [2.45, 2.75) is 25.7 Å². The average Bonchev–Trinajstić information content (AvgIpc) is 2.70. The molecule has 5 heteroatoms. The summed E-state index contributed by atoms with van der Waals surface area (Å²) in [4.78, 5) is 10.6. The Hall–Kier alpha value is -1.49. The molecule has 0 fully saturated rings. The Kier molecular flexibility index (Phi) is 3.85. The number of thiophene rings is 1. The maximum atomic E-state index is 14.2. The lowest BCUT2D eigenvalue weighted by atomic mass is 9.95. The third kappa shape index (κ3) is 3.10. The molecule has 0 aliphatic rings. The average molecular weight is 284 g/mol. The number of halogens is 2. The van der Waals surface area contributed by atoms with Crippen molar-refractivity contribution in [3.8, 4) is 0 Å². The molecule has 102 valence electrons. The van der Waals surface area contributed by atoms with E-state index in [4.69, 9.17) is 5.11 Å². The van der Waals surface area contributed by atoms with E-state index in [1.807, 2.05) is 6.07 Å². The van der Waals surface area contributed by atoms with E-state index in [1.165, 1.54) is 23.6 Å². The van der Waals surface area contributed by atoms with Gasteiger partial charge in [-0.15, -0.1) is 11.3 Å².